The second kappa shape index (κ2) is 11.2. The van der Waals surface area contributed by atoms with Gasteiger partial charge in [-0.1, -0.05) is 30.3 Å². The van der Waals surface area contributed by atoms with Crippen molar-refractivity contribution in [1.29, 1.82) is 0 Å². The molecule has 0 saturated carbocycles. The van der Waals surface area contributed by atoms with Gasteiger partial charge in [-0.25, -0.2) is 18.0 Å². The molecule has 0 spiro atoms. The summed E-state index contributed by atoms with van der Waals surface area (Å²) >= 11 is 0. The Labute approximate surface area is 225 Å². The van der Waals surface area contributed by atoms with Crippen molar-refractivity contribution >= 4 is 11.6 Å². The van der Waals surface area contributed by atoms with Crippen LogP contribution in [0.4, 0.5) is 18.0 Å². The topological polar surface area (TPSA) is 64.8 Å². The van der Waals surface area contributed by atoms with Crippen molar-refractivity contribution in [3.05, 3.63) is 95.8 Å². The van der Waals surface area contributed by atoms with Crippen LogP contribution in [-0.4, -0.2) is 81.1 Å². The lowest BCUT2D eigenvalue weighted by atomic mass is 9.89. The number of rotatable bonds is 6. The summed E-state index contributed by atoms with van der Waals surface area (Å²) in [6.45, 7) is 0.751. The van der Waals surface area contributed by atoms with E-state index in [-0.39, 0.29) is 25.1 Å². The maximum absolute atomic E-state index is 15.1. The molecule has 2 amide bonds. The van der Waals surface area contributed by atoms with Gasteiger partial charge < -0.3 is 14.9 Å². The molecule has 1 fully saturated rings. The zero-order valence-corrected chi connectivity index (χ0v) is 21.8. The number of halogens is 3. The van der Waals surface area contributed by atoms with Gasteiger partial charge in [0.2, 0.25) is 0 Å². The monoisotopic (exact) mass is 539 g/mol. The summed E-state index contributed by atoms with van der Waals surface area (Å²) in [5.41, 5.74) is -0.238. The van der Waals surface area contributed by atoms with Crippen molar-refractivity contribution in [2.45, 2.75) is 37.3 Å². The van der Waals surface area contributed by atoms with Crippen LogP contribution in [0.15, 0.2) is 73.1 Å². The van der Waals surface area contributed by atoms with Gasteiger partial charge >= 0.3 is 6.03 Å². The van der Waals surface area contributed by atoms with Gasteiger partial charge in [-0.05, 0) is 47.9 Å². The minimum Gasteiger partial charge on any atom is -0.393 e. The first kappa shape index (κ1) is 27.0. The van der Waals surface area contributed by atoms with E-state index in [1.54, 1.807) is 48.3 Å². The van der Waals surface area contributed by atoms with Crippen molar-refractivity contribution in [2.75, 3.05) is 33.3 Å². The summed E-state index contributed by atoms with van der Waals surface area (Å²) < 4.78 is 45.7. The zero-order chi connectivity index (χ0) is 27.6. The molecule has 1 aromatic heterocycles. The van der Waals surface area contributed by atoms with Gasteiger partial charge in [-0.3, -0.25) is 9.58 Å². The summed E-state index contributed by atoms with van der Waals surface area (Å²) in [7, 11) is 1.64. The van der Waals surface area contributed by atoms with Crippen molar-refractivity contribution in [3.8, 4) is 0 Å². The minimum absolute atomic E-state index is 0.0364. The van der Waals surface area contributed by atoms with Gasteiger partial charge in [-0.15, -0.1) is 0 Å². The average Bonchev–Trinajstić information content (AvgIpc) is 3.56. The minimum atomic E-state index is -1.30. The van der Waals surface area contributed by atoms with Crippen LogP contribution in [0, 0.1) is 11.6 Å². The fraction of sp³-hybridized carbons (Fsp3) is 0.379. The molecular weight excluding hydrogens is 507 g/mol. The van der Waals surface area contributed by atoms with Gasteiger partial charge in [0.05, 0.1) is 13.3 Å². The molecule has 7 nitrogen and oxygen atoms in total. The Hall–Kier alpha value is -3.63. The Bertz CT molecular complexity index is 1320. The maximum Gasteiger partial charge on any atom is 0.321 e. The molecule has 2 aromatic carbocycles. The first-order valence-electron chi connectivity index (χ1n) is 13.0. The van der Waals surface area contributed by atoms with Crippen LogP contribution >= 0.6 is 0 Å². The van der Waals surface area contributed by atoms with Crippen LogP contribution in [0.25, 0.3) is 5.57 Å². The third kappa shape index (κ3) is 5.44. The number of carbonyl (C=O) groups excluding carboxylic acids is 1. The van der Waals surface area contributed by atoms with E-state index >= 15 is 4.39 Å². The third-order valence-electron chi connectivity index (χ3n) is 7.76. The second-order valence-electron chi connectivity index (χ2n) is 10.3. The number of nitrogens with zero attached hydrogens (tertiary/aromatic N) is 5. The molecule has 2 unspecified atom stereocenters. The number of likely N-dealkylation sites (tertiary alicyclic amines) is 1. The van der Waals surface area contributed by atoms with E-state index in [1.165, 1.54) is 9.80 Å². The van der Waals surface area contributed by atoms with Gasteiger partial charge in [0.1, 0.15) is 23.3 Å². The normalized spacial score (nSPS) is 23.9. The van der Waals surface area contributed by atoms with E-state index in [0.29, 0.717) is 30.8 Å². The lowest BCUT2D eigenvalue weighted by Gasteiger charge is -2.41. The molecule has 3 aromatic rings. The van der Waals surface area contributed by atoms with E-state index in [9.17, 15) is 18.7 Å². The van der Waals surface area contributed by atoms with Gasteiger partial charge in [0, 0.05) is 57.1 Å². The Balaban J connectivity index is 1.42. The number of aliphatic hydroxyl groups is 1. The number of urea groups is 1. The van der Waals surface area contributed by atoms with Crippen molar-refractivity contribution < 1.29 is 23.1 Å². The molecule has 1 saturated heterocycles. The maximum atomic E-state index is 15.1. The highest BCUT2D eigenvalue weighted by molar-refractivity contribution is 5.83. The summed E-state index contributed by atoms with van der Waals surface area (Å²) in [6, 6.07) is 13.2. The molecule has 10 heteroatoms. The van der Waals surface area contributed by atoms with Crippen LogP contribution in [0.2, 0.25) is 0 Å². The van der Waals surface area contributed by atoms with E-state index in [2.05, 4.69) is 5.10 Å². The van der Waals surface area contributed by atoms with Crippen LogP contribution in [0.3, 0.4) is 0 Å². The number of hydrogen-bond donors (Lipinski definition) is 1. The molecule has 0 radical (unpaired) electrons. The quantitative estimate of drug-likeness (QED) is 0.509. The lowest BCUT2D eigenvalue weighted by molar-refractivity contribution is 0.0758. The largest absolute Gasteiger partial charge is 0.393 e. The summed E-state index contributed by atoms with van der Waals surface area (Å²) in [5.74, 6) is -1.22. The predicted molar refractivity (Wildman–Crippen MR) is 141 cm³/mol. The molecule has 206 valence electrons. The fourth-order valence-corrected chi connectivity index (χ4v) is 5.66. The first-order chi connectivity index (χ1) is 18.8. The van der Waals surface area contributed by atoms with E-state index < -0.39 is 42.0 Å². The SMILES string of the molecule is CN(C(=O)N1CC(c2cc(F)ccc2F)=C[C@@]1(CO)c1ccccc1)C1CCN(Cn2cccn2)CC(F)C1. The molecule has 39 heavy (non-hydrogen) atoms. The Morgan fingerprint density at radius 3 is 2.69 bits per heavy atom. The number of alkyl halides is 1. The van der Waals surface area contributed by atoms with Crippen LogP contribution in [-0.2, 0) is 12.2 Å². The fourth-order valence-electron chi connectivity index (χ4n) is 5.66. The zero-order valence-electron chi connectivity index (χ0n) is 21.8. The number of carbonyl (C=O) groups is 1. The molecule has 3 atom stereocenters. The highest BCUT2D eigenvalue weighted by Gasteiger charge is 2.46. The molecule has 0 bridgehead atoms. The van der Waals surface area contributed by atoms with Gasteiger partial charge in [0.25, 0.3) is 0 Å². The summed E-state index contributed by atoms with van der Waals surface area (Å²) in [6.07, 6.45) is 4.71. The Morgan fingerprint density at radius 1 is 1.18 bits per heavy atom. The number of benzene rings is 2. The number of aromatic nitrogens is 2. The molecule has 2 aliphatic heterocycles. The van der Waals surface area contributed by atoms with Gasteiger partial charge in [-0.2, -0.15) is 5.10 Å². The molecular formula is C29H32F3N5O2. The van der Waals surface area contributed by atoms with Gasteiger partial charge in [0.15, 0.2) is 0 Å². The standard InChI is InChI=1S/C29H32F3N5O2/c1-34(25-10-13-35(18-24(31)14-25)20-36-12-5-11-33-36)28(39)37-17-21(26-15-23(30)8-9-27(26)32)16-29(37,19-38)22-6-3-2-4-7-22/h2-9,11-12,15-16,24-25,38H,10,13-14,17-20H2,1H3/t24?,25?,29-/m1/s1. The molecule has 1 N–H and O–H groups in total. The predicted octanol–water partition coefficient (Wildman–Crippen LogP) is 4.26. The second-order valence-corrected chi connectivity index (χ2v) is 10.3. The first-order valence-corrected chi connectivity index (χ1v) is 13.0. The Kier molecular flexibility index (Phi) is 7.76. The molecule has 5 rings (SSSR count). The van der Waals surface area contributed by atoms with Crippen molar-refractivity contribution in [3.63, 3.8) is 0 Å². The number of hydrogen-bond acceptors (Lipinski definition) is 4. The van der Waals surface area contributed by atoms with Crippen molar-refractivity contribution in [1.82, 2.24) is 24.5 Å². The van der Waals surface area contributed by atoms with Crippen LogP contribution < -0.4 is 0 Å². The van der Waals surface area contributed by atoms with E-state index in [0.717, 1.165) is 18.2 Å². The smallest absolute Gasteiger partial charge is 0.321 e. The third-order valence-corrected chi connectivity index (χ3v) is 7.76. The van der Waals surface area contributed by atoms with E-state index in [1.807, 2.05) is 23.2 Å². The highest BCUT2D eigenvalue weighted by Crippen LogP contribution is 2.41. The molecule has 0 aliphatic carbocycles. The summed E-state index contributed by atoms with van der Waals surface area (Å²) in [4.78, 5) is 19.0. The summed E-state index contributed by atoms with van der Waals surface area (Å²) in [5, 5.41) is 14.9. The molecule has 2 aliphatic rings. The van der Waals surface area contributed by atoms with Crippen LogP contribution in [0.1, 0.15) is 24.0 Å². The highest BCUT2D eigenvalue weighted by atomic mass is 19.1. The number of amides is 2. The number of aliphatic hydroxyl groups excluding tert-OH is 1. The van der Waals surface area contributed by atoms with Crippen molar-refractivity contribution in [2.24, 2.45) is 0 Å². The van der Waals surface area contributed by atoms with E-state index in [4.69, 9.17) is 0 Å². The Morgan fingerprint density at radius 2 is 1.97 bits per heavy atom. The molecule has 3 heterocycles. The lowest BCUT2D eigenvalue weighted by Crippen LogP contribution is -2.54. The average molecular weight is 540 g/mol. The van der Waals surface area contributed by atoms with Crippen LogP contribution in [0.5, 0.6) is 0 Å².